The first-order valence-corrected chi connectivity index (χ1v) is 7.63. The number of rotatable bonds is 2. The van der Waals surface area contributed by atoms with Crippen molar-refractivity contribution >= 4 is 21.6 Å². The van der Waals surface area contributed by atoms with Crippen molar-refractivity contribution in [1.82, 2.24) is 19.9 Å². The van der Waals surface area contributed by atoms with E-state index in [0.29, 0.717) is 12.2 Å². The van der Waals surface area contributed by atoms with Gasteiger partial charge in [0.15, 0.2) is 0 Å². The van der Waals surface area contributed by atoms with Gasteiger partial charge >= 0.3 is 0 Å². The van der Waals surface area contributed by atoms with Crippen molar-refractivity contribution in [2.24, 2.45) is 0 Å². The first-order valence-electron chi connectivity index (χ1n) is 6.82. The molecule has 3 heterocycles. The van der Waals surface area contributed by atoms with E-state index in [4.69, 9.17) is 0 Å². The van der Waals surface area contributed by atoms with Gasteiger partial charge in [0.1, 0.15) is 10.7 Å². The predicted molar refractivity (Wildman–Crippen MR) is 78.3 cm³/mol. The highest BCUT2D eigenvalue weighted by atomic mass is 32.1. The Hall–Kier alpha value is -1.95. The van der Waals surface area contributed by atoms with Crippen molar-refractivity contribution in [3.63, 3.8) is 0 Å². The highest BCUT2D eigenvalue weighted by Gasteiger charge is 2.19. The molecule has 0 aliphatic heterocycles. The molecule has 102 valence electrons. The summed E-state index contributed by atoms with van der Waals surface area (Å²) in [5.74, 6) is 0.699. The Kier molecular flexibility index (Phi) is 2.70. The van der Waals surface area contributed by atoms with Crippen LogP contribution < -0.4 is 5.56 Å². The van der Waals surface area contributed by atoms with Crippen LogP contribution in [0.3, 0.4) is 0 Å². The van der Waals surface area contributed by atoms with E-state index >= 15 is 0 Å². The molecule has 20 heavy (non-hydrogen) atoms. The van der Waals surface area contributed by atoms with Crippen molar-refractivity contribution in [3.05, 3.63) is 44.8 Å². The van der Waals surface area contributed by atoms with Gasteiger partial charge in [0.2, 0.25) is 0 Å². The number of aromatic nitrogens is 4. The molecule has 5 nitrogen and oxygen atoms in total. The van der Waals surface area contributed by atoms with E-state index in [2.05, 4.69) is 19.9 Å². The third-order valence-corrected chi connectivity index (χ3v) is 4.97. The molecule has 0 atom stereocenters. The van der Waals surface area contributed by atoms with Gasteiger partial charge in [-0.2, -0.15) is 0 Å². The fourth-order valence-corrected chi connectivity index (χ4v) is 4.13. The standard InChI is InChI=1S/C14H14N4OS/c19-13-12-9-3-1-2-4-10(9)20-14(12)18-11(17-13)5-8-6-15-7-16-8/h6-7H,1-5H2,(H,15,16)(H,17,18,19). The third kappa shape index (κ3) is 1.87. The minimum absolute atomic E-state index is 0.00363. The van der Waals surface area contributed by atoms with Gasteiger partial charge in [-0.05, 0) is 31.2 Å². The van der Waals surface area contributed by atoms with E-state index in [0.717, 1.165) is 28.8 Å². The van der Waals surface area contributed by atoms with Crippen molar-refractivity contribution in [3.8, 4) is 0 Å². The summed E-state index contributed by atoms with van der Waals surface area (Å²) in [5.41, 5.74) is 2.19. The molecular weight excluding hydrogens is 272 g/mol. The van der Waals surface area contributed by atoms with Crippen LogP contribution in [0, 0.1) is 0 Å². The molecule has 3 aromatic heterocycles. The predicted octanol–water partition coefficient (Wildman–Crippen LogP) is 2.18. The lowest BCUT2D eigenvalue weighted by Crippen LogP contribution is -2.13. The fourth-order valence-electron chi connectivity index (χ4n) is 2.85. The van der Waals surface area contributed by atoms with E-state index in [1.807, 2.05) is 0 Å². The maximum atomic E-state index is 12.3. The van der Waals surface area contributed by atoms with Gasteiger partial charge in [-0.3, -0.25) is 4.79 Å². The number of nitrogens with one attached hydrogen (secondary N) is 2. The second-order valence-corrected chi connectivity index (χ2v) is 6.24. The largest absolute Gasteiger partial charge is 0.348 e. The van der Waals surface area contributed by atoms with Gasteiger partial charge in [-0.15, -0.1) is 11.3 Å². The summed E-state index contributed by atoms with van der Waals surface area (Å²) in [4.78, 5) is 29.1. The number of imidazole rings is 1. The Balaban J connectivity index is 1.84. The number of nitrogens with zero attached hydrogens (tertiary/aromatic N) is 2. The number of hydrogen-bond donors (Lipinski definition) is 2. The Bertz CT molecular complexity index is 816. The lowest BCUT2D eigenvalue weighted by atomic mass is 9.97. The first-order chi connectivity index (χ1) is 9.81. The van der Waals surface area contributed by atoms with Gasteiger partial charge in [-0.25, -0.2) is 9.97 Å². The molecule has 2 N–H and O–H groups in total. The molecule has 0 radical (unpaired) electrons. The highest BCUT2D eigenvalue weighted by molar-refractivity contribution is 7.18. The van der Waals surface area contributed by atoms with Crippen LogP contribution in [0.25, 0.3) is 10.2 Å². The van der Waals surface area contributed by atoms with Gasteiger partial charge < -0.3 is 9.97 Å². The van der Waals surface area contributed by atoms with E-state index in [9.17, 15) is 4.79 Å². The SMILES string of the molecule is O=c1[nH]c(Cc2cnc[nH]2)nc2sc3c(c12)CCCC3. The molecule has 0 fully saturated rings. The van der Waals surface area contributed by atoms with E-state index in [1.165, 1.54) is 23.3 Å². The maximum absolute atomic E-state index is 12.3. The van der Waals surface area contributed by atoms with Crippen LogP contribution in [0.1, 0.15) is 34.8 Å². The molecular formula is C14H14N4OS. The maximum Gasteiger partial charge on any atom is 0.259 e. The number of H-pyrrole nitrogens is 2. The van der Waals surface area contributed by atoms with E-state index < -0.39 is 0 Å². The molecule has 0 aromatic carbocycles. The normalized spacial score (nSPS) is 14.6. The second-order valence-electron chi connectivity index (χ2n) is 5.16. The number of aryl methyl sites for hydroxylation is 2. The van der Waals surface area contributed by atoms with Crippen molar-refractivity contribution in [2.75, 3.05) is 0 Å². The van der Waals surface area contributed by atoms with Crippen LogP contribution in [-0.4, -0.2) is 19.9 Å². The Labute approximate surface area is 119 Å². The number of hydrogen-bond acceptors (Lipinski definition) is 4. The monoisotopic (exact) mass is 286 g/mol. The summed E-state index contributed by atoms with van der Waals surface area (Å²) in [6.07, 6.45) is 8.46. The van der Waals surface area contributed by atoms with E-state index in [-0.39, 0.29) is 5.56 Å². The quantitative estimate of drug-likeness (QED) is 0.758. The van der Waals surface area contributed by atoms with Crippen LogP contribution >= 0.6 is 11.3 Å². The average Bonchev–Trinajstić information content (AvgIpc) is 3.05. The fraction of sp³-hybridized carbons (Fsp3) is 0.357. The number of thiophene rings is 1. The van der Waals surface area contributed by atoms with Gasteiger partial charge in [-0.1, -0.05) is 0 Å². The minimum Gasteiger partial charge on any atom is -0.348 e. The zero-order valence-electron chi connectivity index (χ0n) is 10.9. The summed E-state index contributed by atoms with van der Waals surface area (Å²) < 4.78 is 0. The van der Waals surface area contributed by atoms with Gasteiger partial charge in [0.25, 0.3) is 5.56 Å². The summed E-state index contributed by atoms with van der Waals surface area (Å²) in [6.45, 7) is 0. The smallest absolute Gasteiger partial charge is 0.259 e. The van der Waals surface area contributed by atoms with Crippen molar-refractivity contribution < 1.29 is 0 Å². The average molecular weight is 286 g/mol. The number of fused-ring (bicyclic) bond motifs is 3. The zero-order chi connectivity index (χ0) is 13.5. The summed E-state index contributed by atoms with van der Waals surface area (Å²) in [6, 6.07) is 0. The van der Waals surface area contributed by atoms with Crippen LogP contribution in [-0.2, 0) is 19.3 Å². The molecule has 0 saturated heterocycles. The molecule has 0 amide bonds. The number of aromatic amines is 2. The molecule has 1 aliphatic rings. The summed E-state index contributed by atoms with van der Waals surface area (Å²) in [7, 11) is 0. The highest BCUT2D eigenvalue weighted by Crippen LogP contribution is 2.33. The van der Waals surface area contributed by atoms with Gasteiger partial charge in [0, 0.05) is 23.2 Å². The Morgan fingerprint density at radius 1 is 1.30 bits per heavy atom. The molecule has 6 heteroatoms. The second kappa shape index (κ2) is 4.56. The van der Waals surface area contributed by atoms with E-state index in [1.54, 1.807) is 23.9 Å². The van der Waals surface area contributed by atoms with Crippen LogP contribution in [0.5, 0.6) is 0 Å². The lowest BCUT2D eigenvalue weighted by molar-refractivity contribution is 0.700. The minimum atomic E-state index is 0.00363. The van der Waals surface area contributed by atoms with Crippen molar-refractivity contribution in [2.45, 2.75) is 32.1 Å². The molecule has 3 aromatic rings. The summed E-state index contributed by atoms with van der Waals surface area (Å²) in [5, 5.41) is 0.818. The first kappa shape index (κ1) is 11.8. The molecule has 0 unspecified atom stereocenters. The van der Waals surface area contributed by atoms with Crippen LogP contribution in [0.2, 0.25) is 0 Å². The Morgan fingerprint density at radius 2 is 2.20 bits per heavy atom. The molecule has 1 aliphatic carbocycles. The Morgan fingerprint density at radius 3 is 3.05 bits per heavy atom. The zero-order valence-corrected chi connectivity index (χ0v) is 11.7. The van der Waals surface area contributed by atoms with Crippen molar-refractivity contribution in [1.29, 1.82) is 0 Å². The molecule has 0 bridgehead atoms. The molecule has 0 saturated carbocycles. The van der Waals surface area contributed by atoms with Gasteiger partial charge in [0.05, 0.1) is 11.7 Å². The van der Waals surface area contributed by atoms with Crippen LogP contribution in [0.4, 0.5) is 0 Å². The third-order valence-electron chi connectivity index (χ3n) is 3.79. The molecule has 0 spiro atoms. The summed E-state index contributed by atoms with van der Waals surface area (Å²) >= 11 is 1.68. The topological polar surface area (TPSA) is 74.4 Å². The van der Waals surface area contributed by atoms with Crippen LogP contribution in [0.15, 0.2) is 17.3 Å². The lowest BCUT2D eigenvalue weighted by Gasteiger charge is -2.09. The molecule has 4 rings (SSSR count).